The molecule has 0 aliphatic rings. The molecule has 2 heterocycles. The highest BCUT2D eigenvalue weighted by Crippen LogP contribution is 2.28. The Morgan fingerprint density at radius 1 is 1.19 bits per heavy atom. The summed E-state index contributed by atoms with van der Waals surface area (Å²) in [6.07, 6.45) is 10.00. The Hall–Kier alpha value is -3.65. The van der Waals surface area contributed by atoms with Crippen molar-refractivity contribution < 1.29 is 9.59 Å². The number of hydrogen-bond acceptors (Lipinski definition) is 4. The Labute approximate surface area is 218 Å². The smallest absolute Gasteiger partial charge is 0.253 e. The summed E-state index contributed by atoms with van der Waals surface area (Å²) in [6.45, 7) is 12.4. The molecule has 1 aromatic carbocycles. The zero-order chi connectivity index (χ0) is 26.1. The largest absolute Gasteiger partial charge is 0.402 e. The van der Waals surface area contributed by atoms with Crippen molar-refractivity contribution in [1.29, 1.82) is 0 Å². The van der Waals surface area contributed by atoms with Gasteiger partial charge in [-0.05, 0) is 49.7 Å². The monoisotopic (exact) mass is 499 g/mol. The van der Waals surface area contributed by atoms with Crippen LogP contribution in [0.4, 0.5) is 5.13 Å². The molecule has 0 saturated heterocycles. The standard InChI is InChI=1S/C28H32BN4O2S/c1-6-8-19(2)13-20(3)14-21(4)22-9-7-10-23(15-22)25-18-36-28(31-25)32-26(34)16-30-27(35)24-11-12-33(17-24)29-5/h7,9-15,17-18H,4,6,8,16H2,1-3,5H3,(H,30,35)(H,31,32,34)/b19-13-,20-14-. The van der Waals surface area contributed by atoms with E-state index in [1.165, 1.54) is 22.5 Å². The quantitative estimate of drug-likeness (QED) is 0.244. The number of benzene rings is 1. The van der Waals surface area contributed by atoms with Crippen molar-refractivity contribution in [2.75, 3.05) is 11.9 Å². The van der Waals surface area contributed by atoms with E-state index in [4.69, 9.17) is 0 Å². The minimum atomic E-state index is -0.333. The number of rotatable bonds is 11. The number of nitrogens with one attached hydrogen (secondary N) is 2. The second-order valence-corrected chi connectivity index (χ2v) is 9.47. The zero-order valence-corrected chi connectivity index (χ0v) is 22.1. The molecule has 2 amide bonds. The molecule has 3 rings (SSSR count). The van der Waals surface area contributed by atoms with E-state index in [0.717, 1.165) is 35.2 Å². The van der Waals surface area contributed by atoms with E-state index in [1.54, 1.807) is 22.9 Å². The highest BCUT2D eigenvalue weighted by atomic mass is 32.1. The van der Waals surface area contributed by atoms with Crippen molar-refractivity contribution in [2.45, 2.75) is 40.4 Å². The molecule has 0 unspecified atom stereocenters. The predicted molar refractivity (Wildman–Crippen MR) is 151 cm³/mol. The molecule has 3 aromatic rings. The third-order valence-electron chi connectivity index (χ3n) is 5.48. The van der Waals surface area contributed by atoms with Crippen LogP contribution in [0.15, 0.2) is 78.0 Å². The fourth-order valence-electron chi connectivity index (χ4n) is 3.73. The molecule has 185 valence electrons. The van der Waals surface area contributed by atoms with E-state index in [9.17, 15) is 9.59 Å². The highest BCUT2D eigenvalue weighted by molar-refractivity contribution is 7.14. The molecule has 0 aliphatic heterocycles. The molecule has 0 fully saturated rings. The molecule has 0 spiro atoms. The summed E-state index contributed by atoms with van der Waals surface area (Å²) in [5, 5.41) is 7.76. The van der Waals surface area contributed by atoms with Gasteiger partial charge in [0.25, 0.3) is 5.91 Å². The van der Waals surface area contributed by atoms with E-state index >= 15 is 0 Å². The average Bonchev–Trinajstić information content (AvgIpc) is 3.52. The predicted octanol–water partition coefficient (Wildman–Crippen LogP) is 6.20. The maximum atomic E-state index is 12.3. The maximum absolute atomic E-state index is 12.3. The van der Waals surface area contributed by atoms with Crippen molar-refractivity contribution >= 4 is 41.3 Å². The first kappa shape index (κ1) is 27.0. The van der Waals surface area contributed by atoms with Crippen LogP contribution in [0.2, 0.25) is 6.82 Å². The number of anilines is 1. The summed E-state index contributed by atoms with van der Waals surface area (Å²) in [4.78, 5) is 29.1. The van der Waals surface area contributed by atoms with Gasteiger partial charge < -0.3 is 15.1 Å². The van der Waals surface area contributed by atoms with Crippen molar-refractivity contribution in [3.63, 3.8) is 0 Å². The Morgan fingerprint density at radius 2 is 2.00 bits per heavy atom. The molecular formula is C28H32BN4O2S. The maximum Gasteiger partial charge on any atom is 0.253 e. The van der Waals surface area contributed by atoms with Crippen molar-refractivity contribution in [1.82, 2.24) is 14.8 Å². The second-order valence-electron chi connectivity index (χ2n) is 8.61. The number of thiazole rings is 1. The van der Waals surface area contributed by atoms with Crippen molar-refractivity contribution in [2.24, 2.45) is 0 Å². The fourth-order valence-corrected chi connectivity index (χ4v) is 4.47. The molecule has 6 nitrogen and oxygen atoms in total. The summed E-state index contributed by atoms with van der Waals surface area (Å²) in [5.41, 5.74) is 6.69. The lowest BCUT2D eigenvalue weighted by Crippen LogP contribution is -2.32. The third kappa shape index (κ3) is 7.68. The summed E-state index contributed by atoms with van der Waals surface area (Å²) in [7, 11) is 1.83. The first-order chi connectivity index (χ1) is 17.3. The molecule has 1 radical (unpaired) electrons. The summed E-state index contributed by atoms with van der Waals surface area (Å²) < 4.78 is 1.78. The van der Waals surface area contributed by atoms with Crippen LogP contribution in [0, 0.1) is 0 Å². The summed E-state index contributed by atoms with van der Waals surface area (Å²) in [6, 6.07) is 9.75. The summed E-state index contributed by atoms with van der Waals surface area (Å²) in [5.74, 6) is -0.636. The number of amides is 2. The molecule has 0 saturated carbocycles. The molecule has 2 N–H and O–H groups in total. The first-order valence-electron chi connectivity index (χ1n) is 11.9. The third-order valence-corrected chi connectivity index (χ3v) is 6.24. The molecule has 0 aliphatic carbocycles. The van der Waals surface area contributed by atoms with Gasteiger partial charge in [0, 0.05) is 17.1 Å². The van der Waals surface area contributed by atoms with Crippen LogP contribution >= 0.6 is 11.3 Å². The van der Waals surface area contributed by atoms with E-state index < -0.39 is 0 Å². The van der Waals surface area contributed by atoms with Crippen LogP contribution in [0.1, 0.15) is 49.5 Å². The number of nitrogens with zero attached hydrogens (tertiary/aromatic N) is 2. The Kier molecular flexibility index (Phi) is 9.65. The topological polar surface area (TPSA) is 76.0 Å². The molecule has 8 heteroatoms. The van der Waals surface area contributed by atoms with Crippen LogP contribution in [-0.2, 0) is 4.79 Å². The zero-order valence-electron chi connectivity index (χ0n) is 21.3. The second kappa shape index (κ2) is 12.9. The number of carbonyl (C=O) groups is 2. The van der Waals surface area contributed by atoms with Gasteiger partial charge >= 0.3 is 0 Å². The van der Waals surface area contributed by atoms with Gasteiger partial charge in [0.15, 0.2) is 5.13 Å². The van der Waals surface area contributed by atoms with Gasteiger partial charge in [0.05, 0.1) is 17.8 Å². The van der Waals surface area contributed by atoms with Crippen LogP contribution in [0.3, 0.4) is 0 Å². The lowest BCUT2D eigenvalue weighted by Gasteiger charge is -2.06. The number of carbonyl (C=O) groups excluding carboxylic acids is 2. The van der Waals surface area contributed by atoms with Crippen LogP contribution < -0.4 is 10.6 Å². The van der Waals surface area contributed by atoms with E-state index in [1.807, 2.05) is 37.8 Å². The Bertz CT molecular complexity index is 1300. The van der Waals surface area contributed by atoms with Gasteiger partial charge in [-0.2, -0.15) is 0 Å². The van der Waals surface area contributed by atoms with Crippen LogP contribution in [0.5, 0.6) is 0 Å². The van der Waals surface area contributed by atoms with E-state index in [-0.39, 0.29) is 18.4 Å². The normalized spacial score (nSPS) is 11.8. The Balaban J connectivity index is 1.60. The lowest BCUT2D eigenvalue weighted by molar-refractivity contribution is -0.115. The molecule has 0 bridgehead atoms. The van der Waals surface area contributed by atoms with Gasteiger partial charge in [-0.15, -0.1) is 11.3 Å². The van der Waals surface area contributed by atoms with Gasteiger partial charge in [0.1, 0.15) is 0 Å². The molecular weight excluding hydrogens is 467 g/mol. The van der Waals surface area contributed by atoms with Gasteiger partial charge in [-0.3, -0.25) is 9.59 Å². The highest BCUT2D eigenvalue weighted by Gasteiger charge is 2.12. The Morgan fingerprint density at radius 3 is 2.72 bits per heavy atom. The number of hydrogen-bond donors (Lipinski definition) is 2. The fraction of sp³-hybridized carbons (Fsp3) is 0.250. The van der Waals surface area contributed by atoms with Crippen LogP contribution in [-0.4, -0.2) is 35.2 Å². The van der Waals surface area contributed by atoms with E-state index in [2.05, 4.69) is 61.2 Å². The van der Waals surface area contributed by atoms with Crippen molar-refractivity contribution in [3.05, 3.63) is 89.1 Å². The van der Waals surface area contributed by atoms with Gasteiger partial charge in [-0.1, -0.05) is 68.2 Å². The van der Waals surface area contributed by atoms with E-state index in [0.29, 0.717) is 10.7 Å². The van der Waals surface area contributed by atoms with Crippen molar-refractivity contribution in [3.8, 4) is 11.3 Å². The average molecular weight is 499 g/mol. The number of aromatic nitrogens is 2. The minimum absolute atomic E-state index is 0.137. The first-order valence-corrected chi connectivity index (χ1v) is 12.8. The lowest BCUT2D eigenvalue weighted by atomic mass is 10.0. The van der Waals surface area contributed by atoms with Crippen LogP contribution in [0.25, 0.3) is 16.8 Å². The molecule has 0 atom stereocenters. The van der Waals surface area contributed by atoms with Gasteiger partial charge in [0.2, 0.25) is 13.3 Å². The minimum Gasteiger partial charge on any atom is -0.402 e. The number of allylic oxidation sites excluding steroid dienone is 5. The van der Waals surface area contributed by atoms with Gasteiger partial charge in [-0.25, -0.2) is 4.98 Å². The molecule has 36 heavy (non-hydrogen) atoms. The SMILES string of the molecule is C=C(/C=C(C)\C=C(\C)CCC)c1cccc(-c2csc(NC(=O)CNC(=O)c3ccn([B]C)c3)n2)c1. The molecule has 2 aromatic heterocycles. The summed E-state index contributed by atoms with van der Waals surface area (Å²) >= 11 is 1.34.